The fourth-order valence-electron chi connectivity index (χ4n) is 3.25. The van der Waals surface area contributed by atoms with E-state index in [9.17, 15) is 19.1 Å². The maximum Gasteiger partial charge on any atom is 0.295 e. The maximum absolute atomic E-state index is 13.3. The Morgan fingerprint density at radius 2 is 1.80 bits per heavy atom. The van der Waals surface area contributed by atoms with Crippen molar-refractivity contribution in [1.82, 2.24) is 4.90 Å². The monoisotopic (exact) mass is 453 g/mol. The summed E-state index contributed by atoms with van der Waals surface area (Å²) in [4.78, 5) is 26.8. The third-order valence-corrected chi connectivity index (χ3v) is 5.19. The number of hydrogen-bond acceptors (Lipinski definition) is 5. The second-order valence-corrected chi connectivity index (χ2v) is 7.34. The number of amides is 1. The van der Waals surface area contributed by atoms with Crippen LogP contribution in [0.1, 0.15) is 17.2 Å². The summed E-state index contributed by atoms with van der Waals surface area (Å²) in [5.41, 5.74) is 0.407. The molecule has 0 radical (unpaired) electrons. The zero-order chi connectivity index (χ0) is 21.8. The van der Waals surface area contributed by atoms with E-state index in [0.717, 1.165) is 12.1 Å². The van der Waals surface area contributed by atoms with Crippen molar-refractivity contribution >= 4 is 40.7 Å². The first-order valence-corrected chi connectivity index (χ1v) is 9.78. The Morgan fingerprint density at radius 1 is 1.10 bits per heavy atom. The zero-order valence-corrected chi connectivity index (χ0v) is 17.2. The molecule has 1 heterocycles. The molecule has 0 bridgehead atoms. The number of rotatable bonds is 7. The molecule has 0 spiro atoms. The smallest absolute Gasteiger partial charge is 0.295 e. The van der Waals surface area contributed by atoms with Crippen LogP contribution in [-0.4, -0.2) is 53.2 Å². The average Bonchev–Trinajstić information content (AvgIpc) is 2.96. The van der Waals surface area contributed by atoms with Gasteiger partial charge in [-0.05, 0) is 42.0 Å². The number of carbonyl (C=O) groups is 2. The van der Waals surface area contributed by atoms with E-state index in [-0.39, 0.29) is 42.5 Å². The van der Waals surface area contributed by atoms with E-state index in [1.54, 1.807) is 12.1 Å². The number of likely N-dealkylation sites (tertiary alicyclic amines) is 1. The fraction of sp³-hybridized carbons (Fsp3) is 0.238. The zero-order valence-electron chi connectivity index (χ0n) is 15.6. The molecule has 1 aliphatic rings. The topological polar surface area (TPSA) is 87.1 Å². The third kappa shape index (κ3) is 4.49. The summed E-state index contributed by atoms with van der Waals surface area (Å²) in [6.45, 7) is -0.0258. The van der Waals surface area contributed by atoms with Gasteiger partial charge < -0.3 is 19.8 Å². The number of carbonyl (C=O) groups excluding carboxylic acids is 2. The van der Waals surface area contributed by atoms with Gasteiger partial charge in [-0.1, -0.05) is 29.3 Å². The number of halogens is 3. The fourth-order valence-corrected chi connectivity index (χ4v) is 3.76. The molecule has 6 nitrogen and oxygen atoms in total. The molecule has 1 amide bonds. The first-order valence-electron chi connectivity index (χ1n) is 9.03. The lowest BCUT2D eigenvalue weighted by Gasteiger charge is -2.26. The van der Waals surface area contributed by atoms with E-state index in [4.69, 9.17) is 33.0 Å². The summed E-state index contributed by atoms with van der Waals surface area (Å²) in [6.07, 6.45) is 0. The van der Waals surface area contributed by atoms with Crippen molar-refractivity contribution < 1.29 is 28.9 Å². The number of ether oxygens (including phenoxy) is 1. The average molecular weight is 454 g/mol. The van der Waals surface area contributed by atoms with Gasteiger partial charge in [-0.2, -0.15) is 0 Å². The highest BCUT2D eigenvalue weighted by Gasteiger charge is 2.46. The molecule has 0 saturated carbocycles. The van der Waals surface area contributed by atoms with Crippen molar-refractivity contribution in [2.45, 2.75) is 6.04 Å². The van der Waals surface area contributed by atoms with Crippen molar-refractivity contribution in [2.24, 2.45) is 0 Å². The van der Waals surface area contributed by atoms with Gasteiger partial charge >= 0.3 is 0 Å². The summed E-state index contributed by atoms with van der Waals surface area (Å²) in [6, 6.07) is 8.50. The minimum Gasteiger partial charge on any atom is -0.507 e. The molecule has 0 aromatic heterocycles. The molecule has 2 N–H and O–H groups in total. The van der Waals surface area contributed by atoms with Crippen molar-refractivity contribution in [3.8, 4) is 0 Å². The SMILES string of the molecule is O=C1C(=O)N(CCOCCO)C(c2ccc(Cl)cc2Cl)/C1=C(\O)c1ccc(F)cc1. The summed E-state index contributed by atoms with van der Waals surface area (Å²) in [5, 5.41) is 20.3. The minimum absolute atomic E-state index is 0.0222. The largest absolute Gasteiger partial charge is 0.507 e. The van der Waals surface area contributed by atoms with Gasteiger partial charge in [-0.15, -0.1) is 0 Å². The number of nitrogens with zero attached hydrogens (tertiary/aromatic N) is 1. The van der Waals surface area contributed by atoms with Crippen LogP contribution in [0.15, 0.2) is 48.0 Å². The lowest BCUT2D eigenvalue weighted by molar-refractivity contribution is -0.140. The normalized spacial score (nSPS) is 18.3. The Labute approximate surface area is 182 Å². The lowest BCUT2D eigenvalue weighted by atomic mass is 9.95. The van der Waals surface area contributed by atoms with E-state index >= 15 is 0 Å². The van der Waals surface area contributed by atoms with Gasteiger partial charge in [0.15, 0.2) is 0 Å². The molecule has 3 rings (SSSR count). The highest BCUT2D eigenvalue weighted by Crippen LogP contribution is 2.42. The summed E-state index contributed by atoms with van der Waals surface area (Å²) in [5.74, 6) is -2.68. The van der Waals surface area contributed by atoms with Gasteiger partial charge in [-0.25, -0.2) is 4.39 Å². The third-order valence-electron chi connectivity index (χ3n) is 4.63. The Morgan fingerprint density at radius 3 is 2.43 bits per heavy atom. The van der Waals surface area contributed by atoms with Crippen molar-refractivity contribution in [1.29, 1.82) is 0 Å². The van der Waals surface area contributed by atoms with Crippen molar-refractivity contribution in [2.75, 3.05) is 26.4 Å². The van der Waals surface area contributed by atoms with E-state index in [1.807, 2.05) is 0 Å². The molecular weight excluding hydrogens is 436 g/mol. The van der Waals surface area contributed by atoms with Crippen LogP contribution < -0.4 is 0 Å². The van der Waals surface area contributed by atoms with E-state index in [1.165, 1.54) is 23.1 Å². The molecular formula is C21H18Cl2FNO5. The Bertz CT molecular complexity index is 993. The van der Waals surface area contributed by atoms with Crippen molar-refractivity contribution in [3.63, 3.8) is 0 Å². The number of benzene rings is 2. The molecule has 2 aromatic carbocycles. The predicted molar refractivity (Wildman–Crippen MR) is 110 cm³/mol. The predicted octanol–water partition coefficient (Wildman–Crippen LogP) is 3.56. The van der Waals surface area contributed by atoms with Crippen LogP contribution in [0.4, 0.5) is 4.39 Å². The molecule has 0 aliphatic carbocycles. The maximum atomic E-state index is 13.3. The summed E-state index contributed by atoms with van der Waals surface area (Å²) in [7, 11) is 0. The number of Topliss-reactive ketones (excluding diaryl/α,β-unsaturated/α-hetero) is 1. The van der Waals surface area contributed by atoms with Gasteiger partial charge in [0.05, 0.1) is 31.4 Å². The van der Waals surface area contributed by atoms with Crippen LogP contribution >= 0.6 is 23.2 Å². The Balaban J connectivity index is 2.10. The Kier molecular flexibility index (Phi) is 7.10. The molecule has 1 unspecified atom stereocenters. The number of aliphatic hydroxyl groups is 2. The lowest BCUT2D eigenvalue weighted by Crippen LogP contribution is -2.33. The van der Waals surface area contributed by atoms with Gasteiger partial charge in [0, 0.05) is 22.2 Å². The van der Waals surface area contributed by atoms with E-state index < -0.39 is 29.3 Å². The standard InChI is InChI=1S/C21H18Cl2FNO5/c22-13-3-6-15(16(23)11-13)18-17(19(27)12-1-4-14(24)5-2-12)20(28)21(29)25(18)7-9-30-10-8-26/h1-6,11,18,26-27H,7-10H2/b19-17+. The second kappa shape index (κ2) is 9.57. The molecule has 30 heavy (non-hydrogen) atoms. The molecule has 2 aromatic rings. The van der Waals surface area contributed by atoms with Crippen LogP contribution in [0.2, 0.25) is 10.0 Å². The number of hydrogen-bond donors (Lipinski definition) is 2. The van der Waals surface area contributed by atoms with E-state index in [2.05, 4.69) is 0 Å². The molecule has 1 atom stereocenters. The first kappa shape index (κ1) is 22.2. The molecule has 1 aliphatic heterocycles. The first-order chi connectivity index (χ1) is 14.3. The van der Waals surface area contributed by atoms with Crippen LogP contribution in [0.3, 0.4) is 0 Å². The second-order valence-electron chi connectivity index (χ2n) is 6.50. The van der Waals surface area contributed by atoms with Crippen LogP contribution in [-0.2, 0) is 14.3 Å². The van der Waals surface area contributed by atoms with Gasteiger partial charge in [0.2, 0.25) is 0 Å². The number of ketones is 1. The Hall–Kier alpha value is -2.45. The molecule has 9 heteroatoms. The van der Waals surface area contributed by atoms with Crippen LogP contribution in [0.5, 0.6) is 0 Å². The van der Waals surface area contributed by atoms with Crippen LogP contribution in [0.25, 0.3) is 5.76 Å². The quantitative estimate of drug-likeness (QED) is 0.289. The minimum atomic E-state index is -0.988. The van der Waals surface area contributed by atoms with Gasteiger partial charge in [-0.3, -0.25) is 9.59 Å². The number of aliphatic hydroxyl groups excluding tert-OH is 2. The van der Waals surface area contributed by atoms with E-state index in [0.29, 0.717) is 10.6 Å². The molecule has 1 saturated heterocycles. The van der Waals surface area contributed by atoms with Gasteiger partial charge in [0.25, 0.3) is 11.7 Å². The van der Waals surface area contributed by atoms with Crippen molar-refractivity contribution in [3.05, 3.63) is 75.0 Å². The van der Waals surface area contributed by atoms with Gasteiger partial charge in [0.1, 0.15) is 11.6 Å². The highest BCUT2D eigenvalue weighted by molar-refractivity contribution is 6.47. The summed E-state index contributed by atoms with van der Waals surface area (Å²) >= 11 is 12.3. The molecule has 158 valence electrons. The van der Waals surface area contributed by atoms with Crippen LogP contribution in [0, 0.1) is 5.82 Å². The summed E-state index contributed by atoms with van der Waals surface area (Å²) < 4.78 is 18.5. The highest BCUT2D eigenvalue weighted by atomic mass is 35.5. The molecule has 1 fully saturated rings.